The fraction of sp³-hybridized carbons (Fsp3) is 0.480. The van der Waals surface area contributed by atoms with Crippen LogP contribution in [0.4, 0.5) is 5.82 Å². The van der Waals surface area contributed by atoms with Crippen molar-refractivity contribution in [2.75, 3.05) is 18.6 Å². The zero-order chi connectivity index (χ0) is 22.4. The van der Waals surface area contributed by atoms with Gasteiger partial charge in [0.05, 0.1) is 12.3 Å². The fourth-order valence-electron chi connectivity index (χ4n) is 3.60. The molecular weight excluding hydrogens is 390 g/mol. The lowest BCUT2D eigenvalue weighted by Gasteiger charge is -2.17. The summed E-state index contributed by atoms with van der Waals surface area (Å²) in [6, 6.07) is 9.59. The number of hydrogen-bond acceptors (Lipinski definition) is 5. The number of carbonyl (C=O) groups excluding carboxylic acids is 1. The van der Waals surface area contributed by atoms with Gasteiger partial charge in [-0.2, -0.15) is 0 Å². The van der Waals surface area contributed by atoms with E-state index < -0.39 is 0 Å². The van der Waals surface area contributed by atoms with E-state index in [2.05, 4.69) is 37.8 Å². The Bertz CT molecular complexity index is 1010. The van der Waals surface area contributed by atoms with Crippen molar-refractivity contribution in [2.45, 2.75) is 59.8 Å². The van der Waals surface area contributed by atoms with Crippen molar-refractivity contribution < 1.29 is 14.1 Å². The normalized spacial score (nSPS) is 11.6. The van der Waals surface area contributed by atoms with Crippen LogP contribution in [0.25, 0.3) is 11.0 Å². The Labute approximate surface area is 184 Å². The Balaban J connectivity index is 1.64. The van der Waals surface area contributed by atoms with Gasteiger partial charge in [-0.15, -0.1) is 0 Å². The number of aromatic nitrogens is 2. The van der Waals surface area contributed by atoms with E-state index in [0.717, 1.165) is 47.2 Å². The van der Waals surface area contributed by atoms with Crippen molar-refractivity contribution in [3.8, 4) is 5.75 Å². The second-order valence-corrected chi connectivity index (χ2v) is 9.13. The lowest BCUT2D eigenvalue weighted by atomic mass is 9.89. The molecule has 1 aromatic carbocycles. The van der Waals surface area contributed by atoms with E-state index in [4.69, 9.17) is 9.26 Å². The lowest BCUT2D eigenvalue weighted by molar-refractivity contribution is -0.118. The molecule has 0 saturated heterocycles. The van der Waals surface area contributed by atoms with Crippen LogP contribution in [0.2, 0.25) is 0 Å². The van der Waals surface area contributed by atoms with Gasteiger partial charge in [-0.25, -0.2) is 4.98 Å². The number of amides is 1. The van der Waals surface area contributed by atoms with Gasteiger partial charge in [-0.1, -0.05) is 45.3 Å². The van der Waals surface area contributed by atoms with Crippen LogP contribution in [0.15, 0.2) is 41.1 Å². The van der Waals surface area contributed by atoms with Gasteiger partial charge >= 0.3 is 0 Å². The Kier molecular flexibility index (Phi) is 7.31. The largest absolute Gasteiger partial charge is 0.493 e. The Hall–Kier alpha value is -2.89. The van der Waals surface area contributed by atoms with E-state index in [9.17, 15) is 4.79 Å². The molecule has 3 rings (SSSR count). The second kappa shape index (κ2) is 9.94. The first-order chi connectivity index (χ1) is 14.8. The maximum atomic E-state index is 12.4. The van der Waals surface area contributed by atoms with Crippen molar-refractivity contribution in [2.24, 2.45) is 5.41 Å². The second-order valence-electron chi connectivity index (χ2n) is 9.13. The monoisotopic (exact) mass is 423 g/mol. The molecule has 0 aliphatic carbocycles. The van der Waals surface area contributed by atoms with Crippen LogP contribution in [0.5, 0.6) is 5.75 Å². The molecule has 0 atom stereocenters. The Morgan fingerprint density at radius 1 is 1.19 bits per heavy atom. The van der Waals surface area contributed by atoms with Crippen LogP contribution in [0, 0.1) is 5.41 Å². The lowest BCUT2D eigenvalue weighted by Crippen LogP contribution is -2.27. The molecule has 2 aromatic heterocycles. The minimum absolute atomic E-state index is 0.0218. The van der Waals surface area contributed by atoms with E-state index in [0.29, 0.717) is 25.3 Å². The quantitative estimate of drug-likeness (QED) is 0.420. The molecule has 0 fully saturated rings. The van der Waals surface area contributed by atoms with Crippen LogP contribution < -0.4 is 9.64 Å². The van der Waals surface area contributed by atoms with Crippen LogP contribution in [-0.4, -0.2) is 29.7 Å². The summed E-state index contributed by atoms with van der Waals surface area (Å²) in [5, 5.41) is 5.41. The first kappa shape index (κ1) is 22.8. The molecule has 6 nitrogen and oxygen atoms in total. The predicted molar refractivity (Wildman–Crippen MR) is 124 cm³/mol. The molecule has 0 radical (unpaired) electrons. The van der Waals surface area contributed by atoms with Crippen molar-refractivity contribution in [3.63, 3.8) is 0 Å². The van der Waals surface area contributed by atoms with E-state index in [1.165, 1.54) is 0 Å². The summed E-state index contributed by atoms with van der Waals surface area (Å²) < 4.78 is 11.8. The molecule has 31 heavy (non-hydrogen) atoms. The third-order valence-corrected chi connectivity index (χ3v) is 5.13. The number of fused-ring (bicyclic) bond motifs is 1. The number of anilines is 1. The van der Waals surface area contributed by atoms with Gasteiger partial charge in [0, 0.05) is 30.6 Å². The highest BCUT2D eigenvalue weighted by atomic mass is 16.5. The average Bonchev–Trinajstić information content (AvgIpc) is 3.13. The van der Waals surface area contributed by atoms with Gasteiger partial charge in [-0.3, -0.25) is 9.69 Å². The Morgan fingerprint density at radius 2 is 2.00 bits per heavy atom. The van der Waals surface area contributed by atoms with Crippen LogP contribution in [0.3, 0.4) is 0 Å². The van der Waals surface area contributed by atoms with Gasteiger partial charge in [0.2, 0.25) is 5.91 Å². The summed E-state index contributed by atoms with van der Waals surface area (Å²) in [7, 11) is 1.75. The number of nitrogens with zero attached hydrogens (tertiary/aromatic N) is 3. The number of pyridine rings is 1. The molecule has 0 saturated carbocycles. The minimum atomic E-state index is 0.0218. The molecule has 0 aliphatic heterocycles. The van der Waals surface area contributed by atoms with Gasteiger partial charge in [-0.05, 0) is 48.9 Å². The zero-order valence-corrected chi connectivity index (χ0v) is 19.3. The van der Waals surface area contributed by atoms with Crippen LogP contribution in [0.1, 0.15) is 58.2 Å². The van der Waals surface area contributed by atoms with Crippen molar-refractivity contribution >= 4 is 22.7 Å². The highest BCUT2D eigenvalue weighted by Gasteiger charge is 2.20. The third kappa shape index (κ3) is 5.84. The molecule has 0 aliphatic rings. The van der Waals surface area contributed by atoms with E-state index >= 15 is 0 Å². The molecule has 0 spiro atoms. The molecule has 0 bridgehead atoms. The summed E-state index contributed by atoms with van der Waals surface area (Å²) in [5.41, 5.74) is 3.02. The van der Waals surface area contributed by atoms with Gasteiger partial charge in [0.25, 0.3) is 0 Å². The fourth-order valence-corrected chi connectivity index (χ4v) is 3.60. The van der Waals surface area contributed by atoms with Crippen LogP contribution >= 0.6 is 0 Å². The van der Waals surface area contributed by atoms with Gasteiger partial charge < -0.3 is 9.26 Å². The highest BCUT2D eigenvalue weighted by molar-refractivity contribution is 5.91. The molecule has 6 heteroatoms. The maximum Gasteiger partial charge on any atom is 0.228 e. The van der Waals surface area contributed by atoms with Crippen LogP contribution in [-0.2, 0) is 17.6 Å². The van der Waals surface area contributed by atoms with Gasteiger partial charge in [0.1, 0.15) is 11.6 Å². The van der Waals surface area contributed by atoms with E-state index in [1.807, 2.05) is 30.3 Å². The molecule has 166 valence electrons. The number of ether oxygens (including phenoxy) is 1. The first-order valence-electron chi connectivity index (χ1n) is 11.0. The zero-order valence-electron chi connectivity index (χ0n) is 19.3. The third-order valence-electron chi connectivity index (χ3n) is 5.13. The summed E-state index contributed by atoms with van der Waals surface area (Å²) in [6.07, 6.45) is 5.42. The molecule has 2 heterocycles. The van der Waals surface area contributed by atoms with Crippen molar-refractivity contribution in [1.29, 1.82) is 0 Å². The average molecular weight is 424 g/mol. The smallest absolute Gasteiger partial charge is 0.228 e. The molecular formula is C25H33N3O3. The molecule has 1 amide bonds. The number of aryl methyl sites for hydroxylation is 1. The summed E-state index contributed by atoms with van der Waals surface area (Å²) in [5.74, 6) is 1.49. The number of carbonyl (C=O) groups is 1. The van der Waals surface area contributed by atoms with E-state index in [1.54, 1.807) is 18.1 Å². The maximum absolute atomic E-state index is 12.4. The topological polar surface area (TPSA) is 68.5 Å². The highest BCUT2D eigenvalue weighted by Crippen LogP contribution is 2.33. The summed E-state index contributed by atoms with van der Waals surface area (Å²) >= 11 is 0. The van der Waals surface area contributed by atoms with Crippen molar-refractivity contribution in [1.82, 2.24) is 10.1 Å². The molecule has 0 N–H and O–H groups in total. The summed E-state index contributed by atoms with van der Waals surface area (Å²) in [6.45, 7) is 9.20. The molecule has 3 aromatic rings. The van der Waals surface area contributed by atoms with Crippen molar-refractivity contribution in [3.05, 3.63) is 47.8 Å². The molecule has 0 unspecified atom stereocenters. The van der Waals surface area contributed by atoms with E-state index in [-0.39, 0.29) is 11.3 Å². The Morgan fingerprint density at radius 3 is 2.68 bits per heavy atom. The van der Waals surface area contributed by atoms with Gasteiger partial charge in [0.15, 0.2) is 5.58 Å². The SMILES string of the molecule is CCCc1c(OCCCC(=O)N(C)c2ccccn2)ccc2c(CC(C)(C)C)noc12. The standard InChI is InChI=1S/C25H33N3O3/c1-6-10-19-21(14-13-18-20(17-25(2,3)4)27-31-24(18)19)30-16-9-12-23(29)28(5)22-11-7-8-15-26-22/h7-8,11,13-15H,6,9-10,12,16-17H2,1-5H3. The minimum Gasteiger partial charge on any atom is -0.493 e. The number of hydrogen-bond donors (Lipinski definition) is 0. The first-order valence-corrected chi connectivity index (χ1v) is 11.0. The summed E-state index contributed by atoms with van der Waals surface area (Å²) in [4.78, 5) is 18.2. The number of rotatable bonds is 9. The number of benzene rings is 1. The predicted octanol–water partition coefficient (Wildman–Crippen LogP) is 5.59.